The Bertz CT molecular complexity index is 527. The van der Waals surface area contributed by atoms with Crippen molar-refractivity contribution in [3.8, 4) is 0 Å². The zero-order valence-electron chi connectivity index (χ0n) is 12.6. The molecule has 0 aliphatic heterocycles. The van der Waals surface area contributed by atoms with E-state index in [1.165, 1.54) is 11.1 Å². The monoisotopic (exact) mass is 289 g/mol. The number of aliphatic carboxylic acids is 1. The van der Waals surface area contributed by atoms with Crippen molar-refractivity contribution in [2.75, 3.05) is 0 Å². The van der Waals surface area contributed by atoms with Crippen LogP contribution in [0.25, 0.3) is 0 Å². The molecule has 1 aromatic rings. The molecule has 4 nitrogen and oxygen atoms in total. The van der Waals surface area contributed by atoms with Crippen molar-refractivity contribution in [2.45, 2.75) is 51.5 Å². The molecule has 21 heavy (non-hydrogen) atoms. The summed E-state index contributed by atoms with van der Waals surface area (Å²) in [4.78, 5) is 23.0. The predicted molar refractivity (Wildman–Crippen MR) is 81.1 cm³/mol. The number of hydrogen-bond acceptors (Lipinski definition) is 2. The van der Waals surface area contributed by atoms with Crippen LogP contribution in [0.15, 0.2) is 24.3 Å². The number of hydrogen-bond donors (Lipinski definition) is 2. The van der Waals surface area contributed by atoms with Crippen molar-refractivity contribution in [3.63, 3.8) is 0 Å². The van der Waals surface area contributed by atoms with E-state index >= 15 is 0 Å². The van der Waals surface area contributed by atoms with E-state index in [4.69, 9.17) is 5.11 Å². The van der Waals surface area contributed by atoms with Gasteiger partial charge in [0.1, 0.15) is 0 Å². The molecule has 0 bridgehead atoms. The fourth-order valence-corrected chi connectivity index (χ4v) is 3.15. The van der Waals surface area contributed by atoms with Crippen LogP contribution in [0.3, 0.4) is 0 Å². The quantitative estimate of drug-likeness (QED) is 0.876. The Morgan fingerprint density at radius 2 is 2.05 bits per heavy atom. The molecule has 1 unspecified atom stereocenters. The van der Waals surface area contributed by atoms with Gasteiger partial charge in [-0.25, -0.2) is 0 Å². The molecule has 2 N–H and O–H groups in total. The lowest BCUT2D eigenvalue weighted by molar-refractivity contribution is -0.141. The van der Waals surface area contributed by atoms with Crippen LogP contribution in [0, 0.1) is 12.8 Å². The highest BCUT2D eigenvalue weighted by Crippen LogP contribution is 2.27. The van der Waals surface area contributed by atoms with Crippen molar-refractivity contribution in [1.29, 1.82) is 0 Å². The largest absolute Gasteiger partial charge is 0.481 e. The molecule has 0 radical (unpaired) electrons. The summed E-state index contributed by atoms with van der Waals surface area (Å²) in [6.07, 6.45) is 2.42. The summed E-state index contributed by atoms with van der Waals surface area (Å²) in [5.41, 5.74) is 2.40. The van der Waals surface area contributed by atoms with Gasteiger partial charge in [-0.05, 0) is 43.2 Å². The minimum Gasteiger partial charge on any atom is -0.481 e. The SMILES string of the molecule is Cc1ccccc1C(C)CC(=O)N[C@@H]1CC[C@H](C(=O)O)C1. The first-order valence-corrected chi connectivity index (χ1v) is 7.55. The summed E-state index contributed by atoms with van der Waals surface area (Å²) >= 11 is 0. The highest BCUT2D eigenvalue weighted by atomic mass is 16.4. The number of rotatable bonds is 5. The van der Waals surface area contributed by atoms with E-state index in [-0.39, 0.29) is 23.8 Å². The van der Waals surface area contributed by atoms with Gasteiger partial charge in [-0.1, -0.05) is 31.2 Å². The maximum absolute atomic E-state index is 12.1. The number of nitrogens with one attached hydrogen (secondary N) is 1. The molecule has 1 fully saturated rings. The molecule has 0 spiro atoms. The molecule has 3 atom stereocenters. The Morgan fingerprint density at radius 3 is 2.67 bits per heavy atom. The van der Waals surface area contributed by atoms with E-state index < -0.39 is 5.97 Å². The number of carbonyl (C=O) groups excluding carboxylic acids is 1. The molecule has 1 amide bonds. The highest BCUT2D eigenvalue weighted by molar-refractivity contribution is 5.77. The standard InChI is InChI=1S/C17H23NO3/c1-11-5-3-4-6-15(11)12(2)9-16(19)18-14-8-7-13(10-14)17(20)21/h3-6,12-14H,7-10H2,1-2H3,(H,18,19)(H,20,21)/t12?,13-,14+/m0/s1. The second-order valence-corrected chi connectivity index (χ2v) is 6.07. The highest BCUT2D eigenvalue weighted by Gasteiger charge is 2.30. The first kappa shape index (κ1) is 15.5. The summed E-state index contributed by atoms with van der Waals surface area (Å²) in [6.45, 7) is 4.11. The molecule has 0 aromatic heterocycles. The van der Waals surface area contributed by atoms with Crippen LogP contribution in [0.4, 0.5) is 0 Å². The van der Waals surface area contributed by atoms with Crippen LogP contribution in [0.1, 0.15) is 49.7 Å². The van der Waals surface area contributed by atoms with Crippen molar-refractivity contribution in [1.82, 2.24) is 5.32 Å². The van der Waals surface area contributed by atoms with Crippen LogP contribution >= 0.6 is 0 Å². The summed E-state index contributed by atoms with van der Waals surface area (Å²) < 4.78 is 0. The van der Waals surface area contributed by atoms with Crippen LogP contribution in [0.5, 0.6) is 0 Å². The third-order valence-electron chi connectivity index (χ3n) is 4.36. The van der Waals surface area contributed by atoms with E-state index in [1.807, 2.05) is 12.1 Å². The van der Waals surface area contributed by atoms with Crippen LogP contribution in [0.2, 0.25) is 0 Å². The topological polar surface area (TPSA) is 66.4 Å². The Labute approximate surface area is 125 Å². The molecule has 0 heterocycles. The molecule has 4 heteroatoms. The number of carboxylic acid groups (broad SMARTS) is 1. The molecule has 1 aromatic carbocycles. The van der Waals surface area contributed by atoms with Gasteiger partial charge in [0.2, 0.25) is 5.91 Å². The van der Waals surface area contributed by atoms with E-state index in [0.29, 0.717) is 19.3 Å². The summed E-state index contributed by atoms with van der Waals surface area (Å²) in [5, 5.41) is 12.0. The molecule has 0 saturated heterocycles. The minimum atomic E-state index is -0.750. The normalized spacial score (nSPS) is 22.8. The average molecular weight is 289 g/mol. The minimum absolute atomic E-state index is 0.0155. The Morgan fingerprint density at radius 1 is 1.33 bits per heavy atom. The molecular formula is C17H23NO3. The molecule has 1 saturated carbocycles. The fourth-order valence-electron chi connectivity index (χ4n) is 3.15. The van der Waals surface area contributed by atoms with Crippen LogP contribution in [-0.4, -0.2) is 23.0 Å². The molecule has 114 valence electrons. The van der Waals surface area contributed by atoms with Crippen molar-refractivity contribution < 1.29 is 14.7 Å². The molecule has 1 aliphatic carbocycles. The Kier molecular flexibility index (Phi) is 4.99. The van der Waals surface area contributed by atoms with Gasteiger partial charge in [-0.3, -0.25) is 9.59 Å². The van der Waals surface area contributed by atoms with Gasteiger partial charge in [0.25, 0.3) is 0 Å². The lowest BCUT2D eigenvalue weighted by atomic mass is 9.93. The van der Waals surface area contributed by atoms with Gasteiger partial charge in [0.05, 0.1) is 5.92 Å². The van der Waals surface area contributed by atoms with Gasteiger partial charge in [-0.15, -0.1) is 0 Å². The van der Waals surface area contributed by atoms with Crippen molar-refractivity contribution in [3.05, 3.63) is 35.4 Å². The zero-order valence-corrected chi connectivity index (χ0v) is 12.6. The van der Waals surface area contributed by atoms with Gasteiger partial charge in [0.15, 0.2) is 0 Å². The predicted octanol–water partition coefficient (Wildman–Crippen LogP) is 2.86. The molecular weight excluding hydrogens is 266 g/mol. The zero-order chi connectivity index (χ0) is 15.4. The van der Waals surface area contributed by atoms with E-state index in [1.54, 1.807) is 0 Å². The maximum atomic E-state index is 12.1. The Hall–Kier alpha value is -1.84. The summed E-state index contributed by atoms with van der Waals surface area (Å²) in [5.74, 6) is -0.867. The number of amides is 1. The first-order chi connectivity index (χ1) is 9.97. The Balaban J connectivity index is 1.85. The fraction of sp³-hybridized carbons (Fsp3) is 0.529. The van der Waals surface area contributed by atoms with Gasteiger partial charge in [-0.2, -0.15) is 0 Å². The number of carboxylic acids is 1. The summed E-state index contributed by atoms with van der Waals surface area (Å²) in [7, 11) is 0. The van der Waals surface area contributed by atoms with Crippen LogP contribution < -0.4 is 5.32 Å². The van der Waals surface area contributed by atoms with Gasteiger partial charge < -0.3 is 10.4 Å². The van der Waals surface area contributed by atoms with Crippen molar-refractivity contribution in [2.24, 2.45) is 5.92 Å². The van der Waals surface area contributed by atoms with Gasteiger partial charge >= 0.3 is 5.97 Å². The van der Waals surface area contributed by atoms with E-state index in [2.05, 4.69) is 31.3 Å². The van der Waals surface area contributed by atoms with Crippen molar-refractivity contribution >= 4 is 11.9 Å². The third kappa shape index (κ3) is 4.06. The number of aryl methyl sites for hydroxylation is 1. The number of benzene rings is 1. The smallest absolute Gasteiger partial charge is 0.306 e. The van der Waals surface area contributed by atoms with Crippen LogP contribution in [-0.2, 0) is 9.59 Å². The molecule has 1 aliphatic rings. The van der Waals surface area contributed by atoms with E-state index in [9.17, 15) is 9.59 Å². The molecule has 2 rings (SSSR count). The van der Waals surface area contributed by atoms with Gasteiger partial charge in [0, 0.05) is 12.5 Å². The number of carbonyl (C=O) groups is 2. The lowest BCUT2D eigenvalue weighted by Crippen LogP contribution is -2.34. The third-order valence-corrected chi connectivity index (χ3v) is 4.36. The first-order valence-electron chi connectivity index (χ1n) is 7.55. The second-order valence-electron chi connectivity index (χ2n) is 6.07. The second kappa shape index (κ2) is 6.74. The summed E-state index contributed by atoms with van der Waals surface area (Å²) in [6, 6.07) is 8.12. The van der Waals surface area contributed by atoms with E-state index in [0.717, 1.165) is 6.42 Å². The average Bonchev–Trinajstić information content (AvgIpc) is 2.87. The lowest BCUT2D eigenvalue weighted by Gasteiger charge is -2.17. The maximum Gasteiger partial charge on any atom is 0.306 e.